The van der Waals surface area contributed by atoms with Gasteiger partial charge in [-0.15, -0.1) is 0 Å². The summed E-state index contributed by atoms with van der Waals surface area (Å²) in [6.45, 7) is 1.96. The van der Waals surface area contributed by atoms with Crippen molar-refractivity contribution in [1.82, 2.24) is 0 Å². The van der Waals surface area contributed by atoms with Crippen LogP contribution in [-0.2, 0) is 11.2 Å². The van der Waals surface area contributed by atoms with Gasteiger partial charge in [0.1, 0.15) is 5.92 Å². The van der Waals surface area contributed by atoms with E-state index in [0.717, 1.165) is 11.1 Å². The van der Waals surface area contributed by atoms with Crippen LogP contribution in [0.3, 0.4) is 0 Å². The topological polar surface area (TPSA) is 82.3 Å². The number of anilines is 1. The largest absolute Gasteiger partial charge is 0.504 e. The minimum absolute atomic E-state index is 0.0221. The van der Waals surface area contributed by atoms with Gasteiger partial charge in [-0.1, -0.05) is 23.8 Å². The summed E-state index contributed by atoms with van der Waals surface area (Å²) >= 11 is 0. The molecule has 23 heavy (non-hydrogen) atoms. The van der Waals surface area contributed by atoms with Gasteiger partial charge in [-0.2, -0.15) is 5.26 Å². The lowest BCUT2D eigenvalue weighted by atomic mass is 9.99. The minimum Gasteiger partial charge on any atom is -0.504 e. The Kier molecular flexibility index (Phi) is 5.21. The maximum Gasteiger partial charge on any atom is 0.242 e. The van der Waals surface area contributed by atoms with Crippen LogP contribution in [0, 0.1) is 24.2 Å². The van der Waals surface area contributed by atoms with E-state index in [1.807, 2.05) is 25.1 Å². The molecule has 2 aromatic rings. The van der Waals surface area contributed by atoms with Crippen LogP contribution in [0.5, 0.6) is 11.5 Å². The Bertz CT molecular complexity index is 733. The average molecular weight is 310 g/mol. The first-order valence-corrected chi connectivity index (χ1v) is 7.16. The second-order valence-electron chi connectivity index (χ2n) is 5.25. The highest BCUT2D eigenvalue weighted by Gasteiger charge is 2.19. The van der Waals surface area contributed by atoms with Crippen molar-refractivity contribution in [2.45, 2.75) is 13.3 Å². The molecule has 5 nitrogen and oxygen atoms in total. The molecule has 0 bridgehead atoms. The molecule has 2 N–H and O–H groups in total. The molecule has 0 heterocycles. The van der Waals surface area contributed by atoms with E-state index in [-0.39, 0.29) is 18.1 Å². The molecule has 1 amide bonds. The summed E-state index contributed by atoms with van der Waals surface area (Å²) in [5.74, 6) is -0.846. The van der Waals surface area contributed by atoms with Crippen LogP contribution in [0.4, 0.5) is 5.69 Å². The first-order valence-electron chi connectivity index (χ1n) is 7.16. The summed E-state index contributed by atoms with van der Waals surface area (Å²) in [6, 6.07) is 14.2. The molecule has 1 atom stereocenters. The Labute approximate surface area is 135 Å². The van der Waals surface area contributed by atoms with Crippen molar-refractivity contribution in [3.05, 3.63) is 53.6 Å². The SMILES string of the molecule is COc1cc(C[C@@H](C#N)C(=O)Nc2ccc(C)cc2)ccc1O. The van der Waals surface area contributed by atoms with Crippen molar-refractivity contribution in [3.8, 4) is 17.6 Å². The predicted molar refractivity (Wildman–Crippen MR) is 87.3 cm³/mol. The number of amides is 1. The third kappa shape index (κ3) is 4.24. The van der Waals surface area contributed by atoms with Crippen LogP contribution in [-0.4, -0.2) is 18.1 Å². The third-order valence-electron chi connectivity index (χ3n) is 3.48. The molecule has 0 aliphatic carbocycles. The van der Waals surface area contributed by atoms with Gasteiger partial charge in [0.05, 0.1) is 13.2 Å². The summed E-state index contributed by atoms with van der Waals surface area (Å²) in [5.41, 5.74) is 2.49. The van der Waals surface area contributed by atoms with Gasteiger partial charge in [0, 0.05) is 5.69 Å². The van der Waals surface area contributed by atoms with Crippen LogP contribution in [0.2, 0.25) is 0 Å². The molecule has 0 saturated carbocycles. The zero-order valence-electron chi connectivity index (χ0n) is 13.0. The monoisotopic (exact) mass is 310 g/mol. The number of carbonyl (C=O) groups is 1. The number of hydrogen-bond donors (Lipinski definition) is 2. The molecule has 2 aromatic carbocycles. The Balaban J connectivity index is 2.09. The molecule has 0 aliphatic rings. The zero-order valence-corrected chi connectivity index (χ0v) is 13.0. The number of benzene rings is 2. The molecular formula is C18H18N2O3. The van der Waals surface area contributed by atoms with Gasteiger partial charge in [-0.3, -0.25) is 4.79 Å². The Morgan fingerprint density at radius 2 is 2.00 bits per heavy atom. The fourth-order valence-electron chi connectivity index (χ4n) is 2.15. The maximum absolute atomic E-state index is 12.2. The molecule has 118 valence electrons. The third-order valence-corrected chi connectivity index (χ3v) is 3.48. The van der Waals surface area contributed by atoms with E-state index in [4.69, 9.17) is 4.74 Å². The van der Waals surface area contributed by atoms with Crippen LogP contribution in [0.1, 0.15) is 11.1 Å². The van der Waals surface area contributed by atoms with E-state index in [1.165, 1.54) is 13.2 Å². The highest BCUT2D eigenvalue weighted by atomic mass is 16.5. The number of rotatable bonds is 5. The number of phenols is 1. The summed E-state index contributed by atoms with van der Waals surface area (Å²) in [7, 11) is 1.45. The number of carbonyl (C=O) groups excluding carboxylic acids is 1. The van der Waals surface area contributed by atoms with Gasteiger partial charge in [-0.05, 0) is 43.2 Å². The lowest BCUT2D eigenvalue weighted by Gasteiger charge is -2.12. The van der Waals surface area contributed by atoms with Crippen molar-refractivity contribution in [1.29, 1.82) is 5.26 Å². The summed E-state index contributed by atoms with van der Waals surface area (Å²) in [5, 5.41) is 21.6. The molecule has 0 unspecified atom stereocenters. The number of aryl methyl sites for hydroxylation is 1. The average Bonchev–Trinajstić information content (AvgIpc) is 2.56. The molecule has 2 rings (SSSR count). The normalized spacial score (nSPS) is 11.3. The van der Waals surface area contributed by atoms with E-state index in [2.05, 4.69) is 5.32 Å². The number of nitrogens with zero attached hydrogens (tertiary/aromatic N) is 1. The quantitative estimate of drug-likeness (QED) is 0.889. The van der Waals surface area contributed by atoms with Crippen molar-refractivity contribution in [2.75, 3.05) is 12.4 Å². The van der Waals surface area contributed by atoms with Crippen molar-refractivity contribution < 1.29 is 14.6 Å². The molecule has 0 aliphatic heterocycles. The molecule has 0 fully saturated rings. The van der Waals surface area contributed by atoms with Gasteiger partial charge in [0.15, 0.2) is 11.5 Å². The molecule has 0 aromatic heterocycles. The van der Waals surface area contributed by atoms with Gasteiger partial charge >= 0.3 is 0 Å². The lowest BCUT2D eigenvalue weighted by Crippen LogP contribution is -2.23. The number of phenolic OH excluding ortho intramolecular Hbond substituents is 1. The molecular weight excluding hydrogens is 292 g/mol. The standard InChI is InChI=1S/C18H18N2O3/c1-12-3-6-15(7-4-12)20-18(22)14(11-19)9-13-5-8-16(21)17(10-13)23-2/h3-8,10,14,21H,9H2,1-2H3,(H,20,22)/t14-/m0/s1. The first kappa shape index (κ1) is 16.4. The van der Waals surface area contributed by atoms with E-state index < -0.39 is 5.92 Å². The molecule has 0 spiro atoms. The summed E-state index contributed by atoms with van der Waals surface area (Å²) in [4.78, 5) is 12.2. The minimum atomic E-state index is -0.828. The van der Waals surface area contributed by atoms with E-state index in [9.17, 15) is 15.2 Å². The van der Waals surface area contributed by atoms with Crippen LogP contribution >= 0.6 is 0 Å². The fraction of sp³-hybridized carbons (Fsp3) is 0.222. The number of methoxy groups -OCH3 is 1. The first-order chi connectivity index (χ1) is 11.0. The van der Waals surface area contributed by atoms with Gasteiger partial charge in [-0.25, -0.2) is 0 Å². The van der Waals surface area contributed by atoms with Crippen molar-refractivity contribution in [2.24, 2.45) is 5.92 Å². The maximum atomic E-state index is 12.2. The van der Waals surface area contributed by atoms with Crippen molar-refractivity contribution >= 4 is 11.6 Å². The van der Waals surface area contributed by atoms with Crippen LogP contribution in [0.25, 0.3) is 0 Å². The number of hydrogen-bond acceptors (Lipinski definition) is 4. The number of nitrogens with one attached hydrogen (secondary N) is 1. The van der Waals surface area contributed by atoms with Crippen molar-refractivity contribution in [3.63, 3.8) is 0 Å². The highest BCUT2D eigenvalue weighted by Crippen LogP contribution is 2.27. The second-order valence-corrected chi connectivity index (χ2v) is 5.25. The van der Waals surface area contributed by atoms with Crippen LogP contribution in [0.15, 0.2) is 42.5 Å². The molecule has 0 radical (unpaired) electrons. The second kappa shape index (κ2) is 7.32. The molecule has 0 saturated heterocycles. The van der Waals surface area contributed by atoms with Crippen LogP contribution < -0.4 is 10.1 Å². The lowest BCUT2D eigenvalue weighted by molar-refractivity contribution is -0.118. The number of ether oxygens (including phenoxy) is 1. The number of aromatic hydroxyl groups is 1. The van der Waals surface area contributed by atoms with E-state index in [1.54, 1.807) is 24.3 Å². The number of nitriles is 1. The molecule has 5 heteroatoms. The van der Waals surface area contributed by atoms with Gasteiger partial charge in [0.25, 0.3) is 0 Å². The summed E-state index contributed by atoms with van der Waals surface area (Å²) < 4.78 is 5.03. The smallest absolute Gasteiger partial charge is 0.242 e. The fourth-order valence-corrected chi connectivity index (χ4v) is 2.15. The predicted octanol–water partition coefficient (Wildman–Crippen LogP) is 3.03. The van der Waals surface area contributed by atoms with E-state index >= 15 is 0 Å². The Morgan fingerprint density at radius 3 is 2.61 bits per heavy atom. The highest BCUT2D eigenvalue weighted by molar-refractivity contribution is 5.94. The zero-order chi connectivity index (χ0) is 16.8. The van der Waals surface area contributed by atoms with Gasteiger partial charge in [0.2, 0.25) is 5.91 Å². The van der Waals surface area contributed by atoms with Gasteiger partial charge < -0.3 is 15.2 Å². The van der Waals surface area contributed by atoms with E-state index in [0.29, 0.717) is 11.4 Å². The Hall–Kier alpha value is -3.00. The Morgan fingerprint density at radius 1 is 1.30 bits per heavy atom. The summed E-state index contributed by atoms with van der Waals surface area (Å²) in [6.07, 6.45) is 0.241.